The van der Waals surface area contributed by atoms with Gasteiger partial charge in [0.05, 0.1) is 5.39 Å². The van der Waals surface area contributed by atoms with Crippen LogP contribution in [0.1, 0.15) is 50.0 Å². The molecule has 1 aliphatic heterocycles. The van der Waals surface area contributed by atoms with E-state index in [0.717, 1.165) is 12.8 Å². The molecule has 1 aromatic heterocycles. The maximum Gasteiger partial charge on any atom is 0.290 e. The molecule has 28 heavy (non-hydrogen) atoms. The van der Waals surface area contributed by atoms with E-state index in [1.165, 1.54) is 4.68 Å². The normalized spacial score (nSPS) is 18.9. The molecule has 1 aliphatic rings. The van der Waals surface area contributed by atoms with E-state index >= 15 is 0 Å². The van der Waals surface area contributed by atoms with Crippen molar-refractivity contribution < 1.29 is 9.59 Å². The first-order chi connectivity index (χ1) is 13.5. The molecule has 4 N–H and O–H groups in total. The van der Waals surface area contributed by atoms with E-state index in [9.17, 15) is 14.4 Å². The van der Waals surface area contributed by atoms with Gasteiger partial charge in [-0.2, -0.15) is 5.10 Å². The Kier molecular flexibility index (Phi) is 6.37. The fraction of sp³-hybridized carbons (Fsp3) is 0.474. The van der Waals surface area contributed by atoms with Gasteiger partial charge in [0.15, 0.2) is 5.69 Å². The van der Waals surface area contributed by atoms with Crippen molar-refractivity contribution in [3.8, 4) is 0 Å². The second kappa shape index (κ2) is 8.94. The minimum Gasteiger partial charge on any atom is -0.271 e. The van der Waals surface area contributed by atoms with E-state index < -0.39 is 11.9 Å². The van der Waals surface area contributed by atoms with Crippen molar-refractivity contribution >= 4 is 22.6 Å². The number of hydrogen-bond acceptors (Lipinski definition) is 6. The molecular formula is C19H26N6O3. The Morgan fingerprint density at radius 3 is 2.61 bits per heavy atom. The molecule has 2 amide bonds. The minimum atomic E-state index is -0.564. The lowest BCUT2D eigenvalue weighted by Crippen LogP contribution is -2.50. The van der Waals surface area contributed by atoms with Gasteiger partial charge < -0.3 is 0 Å². The summed E-state index contributed by atoms with van der Waals surface area (Å²) in [6.07, 6.45) is 3.36. The molecule has 9 nitrogen and oxygen atoms in total. The van der Waals surface area contributed by atoms with E-state index in [0.29, 0.717) is 30.2 Å². The summed E-state index contributed by atoms with van der Waals surface area (Å²) >= 11 is 0. The molecule has 0 spiro atoms. The molecule has 1 saturated heterocycles. The first-order valence-corrected chi connectivity index (χ1v) is 9.66. The van der Waals surface area contributed by atoms with Gasteiger partial charge in [0.2, 0.25) is 0 Å². The van der Waals surface area contributed by atoms with Crippen LogP contribution in [0.15, 0.2) is 29.1 Å². The summed E-state index contributed by atoms with van der Waals surface area (Å²) in [6, 6.07) is 6.65. The quantitative estimate of drug-likeness (QED) is 0.540. The Bertz CT molecular complexity index is 926. The van der Waals surface area contributed by atoms with Gasteiger partial charge in [-0.1, -0.05) is 38.5 Å². The summed E-state index contributed by atoms with van der Waals surface area (Å²) in [4.78, 5) is 37.5. The van der Waals surface area contributed by atoms with Crippen LogP contribution in [-0.2, 0) is 11.3 Å². The van der Waals surface area contributed by atoms with E-state index in [1.54, 1.807) is 24.3 Å². The van der Waals surface area contributed by atoms with Crippen molar-refractivity contribution in [1.29, 1.82) is 0 Å². The lowest BCUT2D eigenvalue weighted by molar-refractivity contribution is -0.123. The number of aryl methyl sites for hydroxylation is 1. The van der Waals surface area contributed by atoms with Crippen LogP contribution in [0.2, 0.25) is 0 Å². The molecule has 2 unspecified atom stereocenters. The number of nitrogens with one attached hydrogen (secondary N) is 4. The van der Waals surface area contributed by atoms with E-state index in [-0.39, 0.29) is 23.2 Å². The van der Waals surface area contributed by atoms with Crippen molar-refractivity contribution in [3.05, 3.63) is 40.3 Å². The first kappa shape index (κ1) is 20.0. The molecule has 2 atom stereocenters. The van der Waals surface area contributed by atoms with Gasteiger partial charge in [0, 0.05) is 18.0 Å². The van der Waals surface area contributed by atoms with Gasteiger partial charge in [-0.15, -0.1) is 0 Å². The third kappa shape index (κ3) is 4.20. The maximum atomic E-state index is 12.7. The molecule has 9 heteroatoms. The number of carbonyl (C=O) groups is 2. The highest BCUT2D eigenvalue weighted by Gasteiger charge is 2.29. The van der Waals surface area contributed by atoms with Crippen molar-refractivity contribution in [1.82, 2.24) is 31.5 Å². The van der Waals surface area contributed by atoms with E-state index in [1.807, 2.05) is 6.92 Å². The SMILES string of the molecule is CCCC1CC(C(=O)NNC(=O)c2nn(CCC)c(=O)c3ccccc23)NN1. The Morgan fingerprint density at radius 1 is 1.14 bits per heavy atom. The molecule has 3 rings (SSSR count). The van der Waals surface area contributed by atoms with E-state index in [4.69, 9.17) is 0 Å². The summed E-state index contributed by atoms with van der Waals surface area (Å²) < 4.78 is 1.29. The average Bonchev–Trinajstić information content (AvgIpc) is 3.17. The van der Waals surface area contributed by atoms with Crippen LogP contribution >= 0.6 is 0 Å². The topological polar surface area (TPSA) is 117 Å². The van der Waals surface area contributed by atoms with Crippen LogP contribution < -0.4 is 27.3 Å². The second-order valence-electron chi connectivity index (χ2n) is 6.93. The van der Waals surface area contributed by atoms with Crippen LogP contribution in [0.4, 0.5) is 0 Å². The number of nitrogens with zero attached hydrogens (tertiary/aromatic N) is 2. The number of aromatic nitrogens is 2. The molecule has 0 saturated carbocycles. The van der Waals surface area contributed by atoms with Gasteiger partial charge in [-0.3, -0.25) is 30.7 Å². The predicted molar refractivity (Wildman–Crippen MR) is 105 cm³/mol. The summed E-state index contributed by atoms with van der Waals surface area (Å²) in [7, 11) is 0. The minimum absolute atomic E-state index is 0.102. The number of fused-ring (bicyclic) bond motifs is 1. The third-order valence-corrected chi connectivity index (χ3v) is 4.75. The van der Waals surface area contributed by atoms with Crippen molar-refractivity contribution in [2.75, 3.05) is 0 Å². The van der Waals surface area contributed by atoms with E-state index in [2.05, 4.69) is 33.7 Å². The molecule has 0 radical (unpaired) electrons. The Labute approximate surface area is 162 Å². The molecular weight excluding hydrogens is 360 g/mol. The highest BCUT2D eigenvalue weighted by atomic mass is 16.2. The lowest BCUT2D eigenvalue weighted by Gasteiger charge is -2.13. The first-order valence-electron chi connectivity index (χ1n) is 9.66. The molecule has 0 aliphatic carbocycles. The summed E-state index contributed by atoms with van der Waals surface area (Å²) in [5, 5.41) is 5.09. The zero-order chi connectivity index (χ0) is 20.1. The van der Waals surface area contributed by atoms with Crippen LogP contribution in [0.25, 0.3) is 10.8 Å². The van der Waals surface area contributed by atoms with Crippen LogP contribution in [0.3, 0.4) is 0 Å². The van der Waals surface area contributed by atoms with Crippen LogP contribution in [-0.4, -0.2) is 33.7 Å². The Hall–Kier alpha value is -2.78. The van der Waals surface area contributed by atoms with Gasteiger partial charge in [0.25, 0.3) is 17.4 Å². The maximum absolute atomic E-state index is 12.7. The largest absolute Gasteiger partial charge is 0.290 e. The van der Waals surface area contributed by atoms with Crippen LogP contribution in [0, 0.1) is 0 Å². The third-order valence-electron chi connectivity index (χ3n) is 4.75. The number of amides is 2. The highest BCUT2D eigenvalue weighted by Crippen LogP contribution is 2.13. The van der Waals surface area contributed by atoms with Crippen molar-refractivity contribution in [3.63, 3.8) is 0 Å². The highest BCUT2D eigenvalue weighted by molar-refractivity contribution is 6.05. The second-order valence-corrected chi connectivity index (χ2v) is 6.93. The number of rotatable bonds is 6. The molecule has 2 heterocycles. The van der Waals surface area contributed by atoms with Crippen LogP contribution in [0.5, 0.6) is 0 Å². The number of hydrogen-bond donors (Lipinski definition) is 4. The molecule has 0 bridgehead atoms. The van der Waals surface area contributed by atoms with Crippen molar-refractivity contribution in [2.45, 2.75) is 58.2 Å². The monoisotopic (exact) mass is 386 g/mol. The average molecular weight is 386 g/mol. The summed E-state index contributed by atoms with van der Waals surface area (Å²) in [5.41, 5.74) is 10.8. The zero-order valence-electron chi connectivity index (χ0n) is 16.1. The standard InChI is InChI=1S/C19H26N6O3/c1-3-7-12-11-15(21-20-12)17(26)22-23-18(27)16-13-8-5-6-9-14(13)19(28)25(24-16)10-4-2/h5-6,8-9,12,15,20-21H,3-4,7,10-11H2,1-2H3,(H,22,26)(H,23,27). The molecule has 150 valence electrons. The van der Waals surface area contributed by atoms with Gasteiger partial charge in [0.1, 0.15) is 6.04 Å². The zero-order valence-corrected chi connectivity index (χ0v) is 16.1. The lowest BCUT2D eigenvalue weighted by atomic mass is 10.1. The molecule has 1 fully saturated rings. The Morgan fingerprint density at radius 2 is 1.89 bits per heavy atom. The Balaban J connectivity index is 1.74. The van der Waals surface area contributed by atoms with Gasteiger partial charge >= 0.3 is 0 Å². The van der Waals surface area contributed by atoms with Gasteiger partial charge in [-0.05, 0) is 25.3 Å². The van der Waals surface area contributed by atoms with Gasteiger partial charge in [-0.25, -0.2) is 10.1 Å². The smallest absolute Gasteiger partial charge is 0.271 e. The summed E-state index contributed by atoms with van der Waals surface area (Å²) in [6.45, 7) is 4.43. The van der Waals surface area contributed by atoms with Crippen molar-refractivity contribution in [2.24, 2.45) is 0 Å². The molecule has 2 aromatic rings. The fourth-order valence-electron chi connectivity index (χ4n) is 3.36. The predicted octanol–water partition coefficient (Wildman–Crippen LogP) is 0.603. The number of carbonyl (C=O) groups excluding carboxylic acids is 2. The fourth-order valence-corrected chi connectivity index (χ4v) is 3.36. The number of benzene rings is 1. The summed E-state index contributed by atoms with van der Waals surface area (Å²) in [5.74, 6) is -0.892. The molecule has 1 aromatic carbocycles. The number of hydrazine groups is 2.